The van der Waals surface area contributed by atoms with Crippen molar-refractivity contribution in [1.82, 2.24) is 10.6 Å². The second-order valence-corrected chi connectivity index (χ2v) is 6.03. The van der Waals surface area contributed by atoms with Gasteiger partial charge in [-0.2, -0.15) is 0 Å². The highest BCUT2D eigenvalue weighted by Gasteiger charge is 2.13. The molecule has 0 aliphatic heterocycles. The minimum atomic E-state index is -0.743. The molecule has 0 radical (unpaired) electrons. The summed E-state index contributed by atoms with van der Waals surface area (Å²) in [5, 5.41) is 4.73. The number of esters is 1. The second kappa shape index (κ2) is 11.2. The lowest BCUT2D eigenvalue weighted by Crippen LogP contribution is -2.34. The van der Waals surface area contributed by atoms with Crippen molar-refractivity contribution in [3.05, 3.63) is 65.7 Å². The normalized spacial score (nSPS) is 9.97. The van der Waals surface area contributed by atoms with E-state index in [0.29, 0.717) is 5.75 Å². The van der Waals surface area contributed by atoms with Gasteiger partial charge in [0.25, 0.3) is 11.8 Å². The van der Waals surface area contributed by atoms with Crippen LogP contribution in [0, 0.1) is 0 Å². The number of benzene rings is 2. The number of hydrogen-bond acceptors (Lipinski definition) is 6. The number of nitrogens with one attached hydrogen (secondary N) is 2. The molecule has 3 amide bonds. The number of methoxy groups -OCH3 is 1. The maximum atomic E-state index is 11.9. The van der Waals surface area contributed by atoms with E-state index in [-0.39, 0.29) is 30.9 Å². The predicted molar refractivity (Wildman–Crippen MR) is 104 cm³/mol. The highest BCUT2D eigenvalue weighted by Crippen LogP contribution is 2.11. The molecule has 0 atom stereocenters. The Kier molecular flexibility index (Phi) is 8.37. The van der Waals surface area contributed by atoms with Crippen molar-refractivity contribution in [3.63, 3.8) is 0 Å². The lowest BCUT2D eigenvalue weighted by Gasteiger charge is -2.07. The molecule has 0 saturated carbocycles. The lowest BCUT2D eigenvalue weighted by molar-refractivity contribution is -0.148. The first-order chi connectivity index (χ1) is 14.0. The molecule has 2 aromatic carbocycles. The van der Waals surface area contributed by atoms with Crippen LogP contribution in [0.4, 0.5) is 0 Å². The van der Waals surface area contributed by atoms with Gasteiger partial charge in [0, 0.05) is 12.1 Å². The molecule has 0 aromatic heterocycles. The third-order valence-electron chi connectivity index (χ3n) is 3.83. The minimum absolute atomic E-state index is 0.0831. The van der Waals surface area contributed by atoms with Gasteiger partial charge in [0.05, 0.1) is 20.0 Å². The number of ether oxygens (including phenoxy) is 2. The first-order valence-electron chi connectivity index (χ1n) is 8.92. The van der Waals surface area contributed by atoms with Gasteiger partial charge in [-0.15, -0.1) is 0 Å². The molecular weight excluding hydrogens is 376 g/mol. The Morgan fingerprint density at radius 3 is 2.24 bits per heavy atom. The van der Waals surface area contributed by atoms with Crippen molar-refractivity contribution >= 4 is 23.7 Å². The fourth-order valence-corrected chi connectivity index (χ4v) is 2.34. The molecule has 0 aliphatic carbocycles. The van der Waals surface area contributed by atoms with E-state index in [1.54, 1.807) is 12.1 Å². The van der Waals surface area contributed by atoms with Crippen molar-refractivity contribution < 1.29 is 28.7 Å². The number of rotatable bonds is 9. The van der Waals surface area contributed by atoms with Gasteiger partial charge in [-0.1, -0.05) is 30.3 Å². The van der Waals surface area contributed by atoms with E-state index >= 15 is 0 Å². The largest absolute Gasteiger partial charge is 0.497 e. The van der Waals surface area contributed by atoms with Gasteiger partial charge in [0.2, 0.25) is 5.91 Å². The summed E-state index contributed by atoms with van der Waals surface area (Å²) in [5.74, 6) is -1.64. The number of hydrogen-bond donors (Lipinski definition) is 2. The second-order valence-electron chi connectivity index (χ2n) is 6.03. The number of imide groups is 1. The van der Waals surface area contributed by atoms with Crippen LogP contribution in [0.25, 0.3) is 0 Å². The summed E-state index contributed by atoms with van der Waals surface area (Å²) >= 11 is 0. The molecule has 8 heteroatoms. The third-order valence-corrected chi connectivity index (χ3v) is 3.83. The van der Waals surface area contributed by atoms with E-state index < -0.39 is 24.4 Å². The van der Waals surface area contributed by atoms with E-state index in [1.165, 1.54) is 19.2 Å². The molecule has 0 aliphatic rings. The third kappa shape index (κ3) is 7.84. The Morgan fingerprint density at radius 2 is 1.59 bits per heavy atom. The average Bonchev–Trinajstić information content (AvgIpc) is 2.73. The molecule has 2 N–H and O–H groups in total. The molecular formula is C21H22N2O6. The van der Waals surface area contributed by atoms with Crippen molar-refractivity contribution in [1.29, 1.82) is 0 Å². The van der Waals surface area contributed by atoms with Gasteiger partial charge in [-0.3, -0.25) is 24.5 Å². The van der Waals surface area contributed by atoms with Crippen LogP contribution >= 0.6 is 0 Å². The zero-order valence-corrected chi connectivity index (χ0v) is 16.0. The quantitative estimate of drug-likeness (QED) is 0.615. The SMILES string of the molecule is COc1ccc(C(=O)NC(=O)COC(=O)CCNC(=O)Cc2ccccc2)cc1. The first kappa shape index (κ1) is 21.6. The minimum Gasteiger partial charge on any atom is -0.497 e. The summed E-state index contributed by atoms with van der Waals surface area (Å²) in [5.41, 5.74) is 1.14. The summed E-state index contributed by atoms with van der Waals surface area (Å²) in [4.78, 5) is 47.1. The number of carbonyl (C=O) groups excluding carboxylic acids is 4. The molecule has 0 unspecified atom stereocenters. The zero-order chi connectivity index (χ0) is 21.1. The predicted octanol–water partition coefficient (Wildman–Crippen LogP) is 1.24. The van der Waals surface area contributed by atoms with Crippen molar-refractivity contribution in [3.8, 4) is 5.75 Å². The van der Waals surface area contributed by atoms with E-state index in [9.17, 15) is 19.2 Å². The smallest absolute Gasteiger partial charge is 0.308 e. The van der Waals surface area contributed by atoms with E-state index in [0.717, 1.165) is 5.56 Å². The Bertz CT molecular complexity index is 849. The van der Waals surface area contributed by atoms with Crippen LogP contribution in [0.15, 0.2) is 54.6 Å². The molecule has 0 saturated heterocycles. The van der Waals surface area contributed by atoms with Crippen molar-refractivity contribution in [2.24, 2.45) is 0 Å². The van der Waals surface area contributed by atoms with Crippen LogP contribution in [-0.4, -0.2) is 44.0 Å². The number of amides is 3. The molecule has 29 heavy (non-hydrogen) atoms. The Hall–Kier alpha value is -3.68. The monoisotopic (exact) mass is 398 g/mol. The summed E-state index contributed by atoms with van der Waals surface area (Å²) < 4.78 is 9.79. The van der Waals surface area contributed by atoms with E-state index in [2.05, 4.69) is 10.6 Å². The van der Waals surface area contributed by atoms with E-state index in [1.807, 2.05) is 30.3 Å². The summed E-state index contributed by atoms with van der Waals surface area (Å²) in [6.07, 6.45) is 0.131. The highest BCUT2D eigenvalue weighted by molar-refractivity contribution is 6.05. The molecule has 8 nitrogen and oxygen atoms in total. The molecule has 152 valence electrons. The van der Waals surface area contributed by atoms with Gasteiger partial charge >= 0.3 is 5.97 Å². The van der Waals surface area contributed by atoms with Gasteiger partial charge in [0.1, 0.15) is 5.75 Å². The van der Waals surface area contributed by atoms with Crippen LogP contribution in [0.5, 0.6) is 5.75 Å². The van der Waals surface area contributed by atoms with Crippen LogP contribution in [0.2, 0.25) is 0 Å². The van der Waals surface area contributed by atoms with Crippen molar-refractivity contribution in [2.45, 2.75) is 12.8 Å². The molecule has 0 spiro atoms. The van der Waals surface area contributed by atoms with Crippen LogP contribution in [-0.2, 0) is 25.5 Å². The summed E-state index contributed by atoms with van der Waals surface area (Å²) in [7, 11) is 1.50. The maximum absolute atomic E-state index is 11.9. The molecule has 0 bridgehead atoms. The lowest BCUT2D eigenvalue weighted by atomic mass is 10.1. The number of carbonyl (C=O) groups is 4. The van der Waals surface area contributed by atoms with Gasteiger partial charge in [-0.25, -0.2) is 0 Å². The van der Waals surface area contributed by atoms with E-state index in [4.69, 9.17) is 9.47 Å². The topological polar surface area (TPSA) is 111 Å². The van der Waals surface area contributed by atoms with Crippen LogP contribution < -0.4 is 15.4 Å². The fourth-order valence-electron chi connectivity index (χ4n) is 2.34. The average molecular weight is 398 g/mol. The van der Waals surface area contributed by atoms with Crippen LogP contribution in [0.3, 0.4) is 0 Å². The maximum Gasteiger partial charge on any atom is 0.308 e. The Balaban J connectivity index is 1.63. The van der Waals surface area contributed by atoms with Gasteiger partial charge < -0.3 is 14.8 Å². The molecule has 0 fully saturated rings. The molecule has 0 heterocycles. The zero-order valence-electron chi connectivity index (χ0n) is 16.0. The first-order valence-corrected chi connectivity index (χ1v) is 8.92. The van der Waals surface area contributed by atoms with Crippen LogP contribution in [0.1, 0.15) is 22.3 Å². The Labute approximate surface area is 168 Å². The Morgan fingerprint density at radius 1 is 0.897 bits per heavy atom. The fraction of sp³-hybridized carbons (Fsp3) is 0.238. The molecule has 2 rings (SSSR count). The highest BCUT2D eigenvalue weighted by atomic mass is 16.5. The van der Waals surface area contributed by atoms with Crippen molar-refractivity contribution in [2.75, 3.05) is 20.3 Å². The summed E-state index contributed by atoms with van der Waals surface area (Å²) in [6.45, 7) is -0.490. The van der Waals surface area contributed by atoms with Gasteiger partial charge in [0.15, 0.2) is 6.61 Å². The standard InChI is InChI=1S/C21H22N2O6/c1-28-17-9-7-16(8-10-17)21(27)23-19(25)14-29-20(26)11-12-22-18(24)13-15-5-3-2-4-6-15/h2-10H,11-14H2,1H3,(H,22,24)(H,23,25,27). The molecule has 2 aromatic rings. The van der Waals surface area contributed by atoms with Gasteiger partial charge in [-0.05, 0) is 29.8 Å². The summed E-state index contributed by atoms with van der Waals surface area (Å²) in [6, 6.07) is 15.4.